The molecule has 0 saturated carbocycles. The third kappa shape index (κ3) is 4.38. The number of anilines is 1. The summed E-state index contributed by atoms with van der Waals surface area (Å²) in [5, 5.41) is 9.01. The van der Waals surface area contributed by atoms with Crippen LogP contribution in [0.15, 0.2) is 54.6 Å². The lowest BCUT2D eigenvalue weighted by atomic mass is 10.1. The molecule has 5 rings (SSSR count). The van der Waals surface area contributed by atoms with Gasteiger partial charge in [-0.1, -0.05) is 41.9 Å². The zero-order chi connectivity index (χ0) is 22.9. The van der Waals surface area contributed by atoms with Crippen molar-refractivity contribution in [3.63, 3.8) is 0 Å². The van der Waals surface area contributed by atoms with E-state index < -0.39 is 0 Å². The Morgan fingerprint density at radius 1 is 1.09 bits per heavy atom. The molecule has 1 aliphatic heterocycles. The van der Waals surface area contributed by atoms with Crippen molar-refractivity contribution in [1.82, 2.24) is 14.7 Å². The number of thiophene rings is 1. The normalized spacial score (nSPS) is 13.6. The molecule has 2 aromatic heterocycles. The summed E-state index contributed by atoms with van der Waals surface area (Å²) in [6, 6.07) is 17.0. The molecule has 1 fully saturated rings. The molecule has 0 unspecified atom stereocenters. The minimum absolute atomic E-state index is 0.101. The maximum Gasteiger partial charge on any atom is 0.265 e. The van der Waals surface area contributed by atoms with Gasteiger partial charge in [-0.05, 0) is 49.6 Å². The fourth-order valence-electron chi connectivity index (χ4n) is 4.17. The second kappa shape index (κ2) is 9.00. The highest BCUT2D eigenvalue weighted by Gasteiger charge is 2.24. The lowest BCUT2D eigenvalue weighted by molar-refractivity contribution is 0.0794. The number of hydrogen-bond donors (Lipinski definition) is 1. The molecule has 0 aliphatic carbocycles. The van der Waals surface area contributed by atoms with Gasteiger partial charge in [0.2, 0.25) is 0 Å². The highest BCUT2D eigenvalue weighted by atomic mass is 35.5. The quantitative estimate of drug-likeness (QED) is 0.406. The molecule has 1 N–H and O–H groups in total. The first-order chi connectivity index (χ1) is 16.0. The molecule has 8 heteroatoms. The molecule has 168 valence electrons. The summed E-state index contributed by atoms with van der Waals surface area (Å²) in [6.07, 6.45) is 1.99. The minimum Gasteiger partial charge on any atom is -0.339 e. The summed E-state index contributed by atoms with van der Waals surface area (Å²) < 4.78 is 1.94. The number of fused-ring (bicyclic) bond motifs is 1. The van der Waals surface area contributed by atoms with Gasteiger partial charge in [-0.2, -0.15) is 5.10 Å². The number of aromatic nitrogens is 2. The van der Waals surface area contributed by atoms with Crippen molar-refractivity contribution in [3.8, 4) is 0 Å². The van der Waals surface area contributed by atoms with E-state index in [1.54, 1.807) is 18.2 Å². The highest BCUT2D eigenvalue weighted by molar-refractivity contribution is 7.20. The van der Waals surface area contributed by atoms with Crippen LogP contribution in [0.4, 0.5) is 5.69 Å². The van der Waals surface area contributed by atoms with E-state index in [0.717, 1.165) is 47.4 Å². The lowest BCUT2D eigenvalue weighted by Gasteiger charge is -2.18. The van der Waals surface area contributed by atoms with E-state index in [2.05, 4.69) is 22.5 Å². The molecule has 6 nitrogen and oxygen atoms in total. The van der Waals surface area contributed by atoms with Gasteiger partial charge in [0.05, 0.1) is 28.4 Å². The molecule has 1 saturated heterocycles. The Morgan fingerprint density at radius 2 is 1.85 bits per heavy atom. The number of hydrogen-bond acceptors (Lipinski definition) is 4. The number of carbonyl (C=O) groups is 2. The zero-order valence-corrected chi connectivity index (χ0v) is 19.7. The van der Waals surface area contributed by atoms with Gasteiger partial charge < -0.3 is 10.2 Å². The SMILES string of the molecule is Cc1nn(Cc2ccccc2)c2sc(C(=O)Nc3ccc(Cl)cc3C(=O)N3CCCC3)cc12. The minimum atomic E-state index is -0.250. The van der Waals surface area contributed by atoms with E-state index in [9.17, 15) is 9.59 Å². The molecule has 4 aromatic rings. The van der Waals surface area contributed by atoms with Crippen LogP contribution < -0.4 is 5.32 Å². The van der Waals surface area contributed by atoms with E-state index in [0.29, 0.717) is 27.7 Å². The second-order valence-electron chi connectivity index (χ2n) is 8.20. The van der Waals surface area contributed by atoms with Crippen molar-refractivity contribution in [2.75, 3.05) is 18.4 Å². The van der Waals surface area contributed by atoms with Crippen LogP contribution in [0.1, 0.15) is 44.1 Å². The average molecular weight is 479 g/mol. The van der Waals surface area contributed by atoms with Crippen LogP contribution in [0.3, 0.4) is 0 Å². The third-order valence-corrected chi connectivity index (χ3v) is 7.24. The van der Waals surface area contributed by atoms with Crippen LogP contribution in [0.5, 0.6) is 0 Å². The number of amides is 2. The summed E-state index contributed by atoms with van der Waals surface area (Å²) in [7, 11) is 0. The second-order valence-corrected chi connectivity index (χ2v) is 9.67. The van der Waals surface area contributed by atoms with Crippen molar-refractivity contribution >= 4 is 50.7 Å². The predicted octanol–water partition coefficient (Wildman–Crippen LogP) is 5.60. The van der Waals surface area contributed by atoms with E-state index >= 15 is 0 Å². The molecular formula is C25H23ClN4O2S. The Bertz CT molecular complexity index is 1340. The molecule has 33 heavy (non-hydrogen) atoms. The Balaban J connectivity index is 1.42. The zero-order valence-electron chi connectivity index (χ0n) is 18.2. The van der Waals surface area contributed by atoms with Gasteiger partial charge in [0.1, 0.15) is 4.83 Å². The maximum atomic E-state index is 13.2. The average Bonchev–Trinajstić information content (AvgIpc) is 3.55. The maximum absolute atomic E-state index is 13.2. The largest absolute Gasteiger partial charge is 0.339 e. The topological polar surface area (TPSA) is 67.2 Å². The van der Waals surface area contributed by atoms with E-state index in [4.69, 9.17) is 11.6 Å². The van der Waals surface area contributed by atoms with Gasteiger partial charge in [-0.15, -0.1) is 11.3 Å². The first-order valence-corrected chi connectivity index (χ1v) is 12.1. The molecule has 1 aliphatic rings. The van der Waals surface area contributed by atoms with Crippen molar-refractivity contribution in [2.24, 2.45) is 0 Å². The summed E-state index contributed by atoms with van der Waals surface area (Å²) in [5.41, 5.74) is 2.92. The van der Waals surface area contributed by atoms with E-state index in [1.165, 1.54) is 11.3 Å². The number of rotatable bonds is 5. The van der Waals surface area contributed by atoms with Crippen molar-refractivity contribution in [1.29, 1.82) is 0 Å². The first kappa shape index (κ1) is 21.7. The smallest absolute Gasteiger partial charge is 0.265 e. The van der Waals surface area contributed by atoms with Crippen LogP contribution in [0, 0.1) is 6.92 Å². The highest BCUT2D eigenvalue weighted by Crippen LogP contribution is 2.30. The summed E-state index contributed by atoms with van der Waals surface area (Å²) in [6.45, 7) is 4.04. The van der Waals surface area contributed by atoms with Crippen LogP contribution in [0.2, 0.25) is 5.02 Å². The monoisotopic (exact) mass is 478 g/mol. The van der Waals surface area contributed by atoms with Gasteiger partial charge in [-0.25, -0.2) is 0 Å². The number of nitrogens with zero attached hydrogens (tertiary/aromatic N) is 3. The Morgan fingerprint density at radius 3 is 2.61 bits per heavy atom. The van der Waals surface area contributed by atoms with Crippen molar-refractivity contribution in [2.45, 2.75) is 26.3 Å². The molecule has 0 radical (unpaired) electrons. The van der Waals surface area contributed by atoms with Gasteiger partial charge in [0.25, 0.3) is 11.8 Å². The molecular weight excluding hydrogens is 456 g/mol. The van der Waals surface area contributed by atoms with E-state index in [-0.39, 0.29) is 11.8 Å². The van der Waals surface area contributed by atoms with Crippen LogP contribution in [-0.4, -0.2) is 39.6 Å². The Labute approximate surface area is 200 Å². The molecule has 0 atom stereocenters. The molecule has 3 heterocycles. The van der Waals surface area contributed by atoms with Gasteiger partial charge in [0.15, 0.2) is 0 Å². The number of aryl methyl sites for hydroxylation is 1. The third-order valence-electron chi connectivity index (χ3n) is 5.86. The predicted molar refractivity (Wildman–Crippen MR) is 132 cm³/mol. The summed E-state index contributed by atoms with van der Waals surface area (Å²) in [4.78, 5) is 29.5. The number of likely N-dealkylation sites (tertiary alicyclic amines) is 1. The van der Waals surface area contributed by atoms with Crippen molar-refractivity contribution < 1.29 is 9.59 Å². The summed E-state index contributed by atoms with van der Waals surface area (Å²) in [5.74, 6) is -0.351. The molecule has 0 bridgehead atoms. The lowest BCUT2D eigenvalue weighted by Crippen LogP contribution is -2.28. The van der Waals surface area contributed by atoms with Gasteiger partial charge in [0, 0.05) is 23.5 Å². The molecule has 2 amide bonds. The van der Waals surface area contributed by atoms with Gasteiger partial charge >= 0.3 is 0 Å². The van der Waals surface area contributed by atoms with Gasteiger partial charge in [-0.3, -0.25) is 14.3 Å². The van der Waals surface area contributed by atoms with E-state index in [1.807, 2.05) is 40.8 Å². The fourth-order valence-corrected chi connectivity index (χ4v) is 5.39. The first-order valence-electron chi connectivity index (χ1n) is 10.9. The molecule has 2 aromatic carbocycles. The standard InChI is InChI=1S/C25H23ClN4O2S/c1-16-19-14-22(33-25(19)30(28-16)15-17-7-3-2-4-8-17)23(31)27-21-10-9-18(26)13-20(21)24(32)29-11-5-6-12-29/h2-4,7-10,13-14H,5-6,11-12,15H2,1H3,(H,27,31). The number of halogens is 1. The van der Waals surface area contributed by atoms with Crippen LogP contribution in [-0.2, 0) is 6.54 Å². The Kier molecular flexibility index (Phi) is 5.91. The Hall–Kier alpha value is -3.16. The van der Waals surface area contributed by atoms with Crippen LogP contribution >= 0.6 is 22.9 Å². The summed E-state index contributed by atoms with van der Waals surface area (Å²) >= 11 is 7.57. The number of carbonyl (C=O) groups excluding carboxylic acids is 2. The van der Waals surface area contributed by atoms with Crippen molar-refractivity contribution in [3.05, 3.63) is 81.3 Å². The van der Waals surface area contributed by atoms with Crippen LogP contribution in [0.25, 0.3) is 10.2 Å². The number of benzene rings is 2. The number of nitrogens with one attached hydrogen (secondary N) is 1. The molecule has 0 spiro atoms. The fraction of sp³-hybridized carbons (Fsp3) is 0.240.